The third-order valence-electron chi connectivity index (χ3n) is 4.12. The summed E-state index contributed by atoms with van der Waals surface area (Å²) in [7, 11) is 0. The zero-order valence-electron chi connectivity index (χ0n) is 16.8. The molecule has 3 N–H and O–H groups in total. The molecule has 160 valence electrons. The second kappa shape index (κ2) is 10.6. The third-order valence-corrected chi connectivity index (χ3v) is 4.12. The Balaban J connectivity index is 1.88. The molecule has 29 heavy (non-hydrogen) atoms. The second-order valence-electron chi connectivity index (χ2n) is 6.55. The number of furan rings is 1. The summed E-state index contributed by atoms with van der Waals surface area (Å²) in [5, 5.41) is 2.53. The van der Waals surface area contributed by atoms with Gasteiger partial charge in [0, 0.05) is 12.1 Å². The van der Waals surface area contributed by atoms with Gasteiger partial charge in [0.05, 0.1) is 31.5 Å². The SMILES string of the molecule is CCOC(=O)c1cc2occc2n1COCCOC(=O)[C@@H](NC(=O)CN)C(C)C. The number of ether oxygens (including phenoxy) is 3. The molecule has 2 rings (SSSR count). The van der Waals surface area contributed by atoms with Gasteiger partial charge in [-0.05, 0) is 12.8 Å². The van der Waals surface area contributed by atoms with Crippen LogP contribution in [0.1, 0.15) is 31.3 Å². The van der Waals surface area contributed by atoms with Crippen LogP contribution in [0.4, 0.5) is 0 Å². The van der Waals surface area contributed by atoms with E-state index in [1.165, 1.54) is 6.26 Å². The second-order valence-corrected chi connectivity index (χ2v) is 6.55. The number of carbonyl (C=O) groups excluding carboxylic acids is 3. The summed E-state index contributed by atoms with van der Waals surface area (Å²) in [6.45, 7) is 5.48. The van der Waals surface area contributed by atoms with E-state index in [1.54, 1.807) is 37.5 Å². The highest BCUT2D eigenvalue weighted by Crippen LogP contribution is 2.22. The van der Waals surface area contributed by atoms with Gasteiger partial charge in [-0.25, -0.2) is 9.59 Å². The summed E-state index contributed by atoms with van der Waals surface area (Å²) in [4.78, 5) is 35.7. The number of amides is 1. The van der Waals surface area contributed by atoms with Crippen LogP contribution in [-0.4, -0.2) is 54.8 Å². The average molecular weight is 409 g/mol. The van der Waals surface area contributed by atoms with Crippen LogP contribution in [0.5, 0.6) is 0 Å². The Kier molecular flexibility index (Phi) is 8.22. The summed E-state index contributed by atoms with van der Waals surface area (Å²) in [5.41, 5.74) is 6.80. The molecule has 0 saturated carbocycles. The fourth-order valence-electron chi connectivity index (χ4n) is 2.67. The molecule has 2 aromatic heterocycles. The molecular formula is C19H27N3O7. The van der Waals surface area contributed by atoms with E-state index in [2.05, 4.69) is 5.32 Å². The maximum atomic E-state index is 12.2. The van der Waals surface area contributed by atoms with Crippen LogP contribution < -0.4 is 11.1 Å². The van der Waals surface area contributed by atoms with Gasteiger partial charge in [0.1, 0.15) is 25.1 Å². The monoisotopic (exact) mass is 409 g/mol. The quantitative estimate of drug-likeness (QED) is 0.415. The highest BCUT2D eigenvalue weighted by molar-refractivity contribution is 5.94. The molecule has 0 spiro atoms. The Bertz CT molecular complexity index is 840. The van der Waals surface area contributed by atoms with Crippen molar-refractivity contribution in [2.24, 2.45) is 11.7 Å². The lowest BCUT2D eigenvalue weighted by Gasteiger charge is -2.20. The maximum absolute atomic E-state index is 12.2. The van der Waals surface area contributed by atoms with E-state index in [0.29, 0.717) is 16.8 Å². The van der Waals surface area contributed by atoms with Crippen LogP contribution in [0.15, 0.2) is 22.8 Å². The Morgan fingerprint density at radius 2 is 2.00 bits per heavy atom. The topological polar surface area (TPSA) is 135 Å². The van der Waals surface area contributed by atoms with Crippen molar-refractivity contribution in [3.8, 4) is 0 Å². The molecule has 10 nitrogen and oxygen atoms in total. The lowest BCUT2D eigenvalue weighted by molar-refractivity contribution is -0.150. The molecule has 0 bridgehead atoms. The molecule has 0 radical (unpaired) electrons. The highest BCUT2D eigenvalue weighted by Gasteiger charge is 2.25. The van der Waals surface area contributed by atoms with Gasteiger partial charge in [0.25, 0.3) is 0 Å². The molecule has 2 heterocycles. The molecule has 1 amide bonds. The van der Waals surface area contributed by atoms with Crippen LogP contribution in [0.3, 0.4) is 0 Å². The Hall–Kier alpha value is -2.85. The van der Waals surface area contributed by atoms with Gasteiger partial charge in [0.15, 0.2) is 5.58 Å². The first-order valence-electron chi connectivity index (χ1n) is 9.36. The van der Waals surface area contributed by atoms with E-state index in [-0.39, 0.29) is 39.0 Å². The minimum Gasteiger partial charge on any atom is -0.463 e. The third kappa shape index (κ3) is 5.81. The molecular weight excluding hydrogens is 382 g/mol. The van der Waals surface area contributed by atoms with Crippen LogP contribution in [-0.2, 0) is 30.5 Å². The van der Waals surface area contributed by atoms with Gasteiger partial charge in [-0.2, -0.15) is 0 Å². The van der Waals surface area contributed by atoms with Crippen molar-refractivity contribution in [2.45, 2.75) is 33.5 Å². The molecule has 0 saturated heterocycles. The minimum atomic E-state index is -0.781. The number of nitrogens with two attached hydrogens (primary N) is 1. The number of fused-ring (bicyclic) bond motifs is 1. The minimum absolute atomic E-state index is 0.00884. The number of nitrogens with zero attached hydrogens (tertiary/aromatic N) is 1. The van der Waals surface area contributed by atoms with Gasteiger partial charge in [0.2, 0.25) is 5.91 Å². The smallest absolute Gasteiger partial charge is 0.355 e. The van der Waals surface area contributed by atoms with Crippen molar-refractivity contribution in [2.75, 3.05) is 26.4 Å². The molecule has 2 aromatic rings. The zero-order chi connectivity index (χ0) is 21.4. The fourth-order valence-corrected chi connectivity index (χ4v) is 2.67. The number of carbonyl (C=O) groups is 3. The summed E-state index contributed by atoms with van der Waals surface area (Å²) >= 11 is 0. The number of aromatic nitrogens is 1. The summed E-state index contributed by atoms with van der Waals surface area (Å²) < 4.78 is 22.7. The van der Waals surface area contributed by atoms with Gasteiger partial charge >= 0.3 is 11.9 Å². The first-order chi connectivity index (χ1) is 13.9. The van der Waals surface area contributed by atoms with E-state index >= 15 is 0 Å². The normalized spacial score (nSPS) is 12.2. The molecule has 0 fully saturated rings. The summed E-state index contributed by atoms with van der Waals surface area (Å²) in [6, 6.07) is 2.52. The Morgan fingerprint density at radius 1 is 1.24 bits per heavy atom. The number of esters is 2. The molecule has 0 unspecified atom stereocenters. The summed E-state index contributed by atoms with van der Waals surface area (Å²) in [6.07, 6.45) is 1.51. The van der Waals surface area contributed by atoms with E-state index in [4.69, 9.17) is 24.4 Å². The van der Waals surface area contributed by atoms with Crippen molar-refractivity contribution in [1.29, 1.82) is 0 Å². The van der Waals surface area contributed by atoms with Gasteiger partial charge in [-0.3, -0.25) is 4.79 Å². The van der Waals surface area contributed by atoms with Crippen molar-refractivity contribution in [3.63, 3.8) is 0 Å². The lowest BCUT2D eigenvalue weighted by Crippen LogP contribution is -2.47. The molecule has 0 aliphatic rings. The zero-order valence-corrected chi connectivity index (χ0v) is 16.8. The predicted molar refractivity (Wildman–Crippen MR) is 103 cm³/mol. The summed E-state index contributed by atoms with van der Waals surface area (Å²) in [5.74, 6) is -1.62. The van der Waals surface area contributed by atoms with Crippen LogP contribution >= 0.6 is 0 Å². The first kappa shape index (κ1) is 22.4. The van der Waals surface area contributed by atoms with Gasteiger partial charge in [-0.15, -0.1) is 0 Å². The van der Waals surface area contributed by atoms with Crippen molar-refractivity contribution in [1.82, 2.24) is 9.88 Å². The number of hydrogen-bond donors (Lipinski definition) is 2. The van der Waals surface area contributed by atoms with Crippen molar-refractivity contribution < 1.29 is 33.0 Å². The fraction of sp³-hybridized carbons (Fsp3) is 0.526. The number of hydrogen-bond acceptors (Lipinski definition) is 8. The number of nitrogens with one attached hydrogen (secondary N) is 1. The van der Waals surface area contributed by atoms with E-state index in [0.717, 1.165) is 0 Å². The van der Waals surface area contributed by atoms with E-state index in [9.17, 15) is 14.4 Å². The molecule has 1 atom stereocenters. The predicted octanol–water partition coefficient (Wildman–Crippen LogP) is 1.03. The lowest BCUT2D eigenvalue weighted by atomic mass is 10.0. The van der Waals surface area contributed by atoms with E-state index < -0.39 is 23.9 Å². The van der Waals surface area contributed by atoms with Crippen molar-refractivity contribution in [3.05, 3.63) is 24.1 Å². The molecule has 0 aromatic carbocycles. The Labute approximate surface area is 168 Å². The largest absolute Gasteiger partial charge is 0.463 e. The standard InChI is InChI=1S/C19H27N3O7/c1-4-27-18(24)14-9-15-13(5-6-28-15)22(14)11-26-7-8-29-19(25)17(12(2)3)21-16(23)10-20/h5-6,9,12,17H,4,7-8,10-11,20H2,1-3H3,(H,21,23)/t17-/m0/s1. The molecule has 0 aliphatic carbocycles. The Morgan fingerprint density at radius 3 is 2.66 bits per heavy atom. The molecule has 10 heteroatoms. The molecule has 0 aliphatic heterocycles. The van der Waals surface area contributed by atoms with Gasteiger partial charge in [-0.1, -0.05) is 13.8 Å². The average Bonchev–Trinajstić information content (AvgIpc) is 3.27. The van der Waals surface area contributed by atoms with Crippen LogP contribution in [0.2, 0.25) is 0 Å². The first-order valence-corrected chi connectivity index (χ1v) is 9.36. The van der Waals surface area contributed by atoms with Crippen molar-refractivity contribution >= 4 is 28.9 Å². The van der Waals surface area contributed by atoms with E-state index in [1.807, 2.05) is 0 Å². The number of rotatable bonds is 11. The maximum Gasteiger partial charge on any atom is 0.355 e. The van der Waals surface area contributed by atoms with Crippen LogP contribution in [0.25, 0.3) is 11.1 Å². The van der Waals surface area contributed by atoms with Crippen LogP contribution in [0, 0.1) is 5.92 Å². The highest BCUT2D eigenvalue weighted by atomic mass is 16.6. The van der Waals surface area contributed by atoms with Gasteiger partial charge < -0.3 is 34.2 Å².